The van der Waals surface area contributed by atoms with Gasteiger partial charge < -0.3 is 5.11 Å². The van der Waals surface area contributed by atoms with Crippen LogP contribution in [0.5, 0.6) is 5.75 Å². The van der Waals surface area contributed by atoms with Crippen molar-refractivity contribution in [3.63, 3.8) is 0 Å². The SMILES string of the molecule is Oc1cc(CCCCBr)c(Cl)cc1-c1ccccc1. The molecule has 0 atom stereocenters. The fourth-order valence-corrected chi connectivity index (χ4v) is 2.71. The van der Waals surface area contributed by atoms with Gasteiger partial charge >= 0.3 is 0 Å². The predicted molar refractivity (Wildman–Crippen MR) is 85.3 cm³/mol. The fourth-order valence-electron chi connectivity index (χ4n) is 2.06. The van der Waals surface area contributed by atoms with Gasteiger partial charge in [0.05, 0.1) is 0 Å². The second kappa shape index (κ2) is 6.97. The maximum Gasteiger partial charge on any atom is 0.123 e. The molecule has 0 unspecified atom stereocenters. The number of rotatable bonds is 5. The summed E-state index contributed by atoms with van der Waals surface area (Å²) in [4.78, 5) is 0. The number of aromatic hydroxyl groups is 1. The van der Waals surface area contributed by atoms with Crippen molar-refractivity contribution in [2.24, 2.45) is 0 Å². The van der Waals surface area contributed by atoms with E-state index in [0.29, 0.717) is 5.75 Å². The predicted octanol–water partition coefficient (Wildman–Crippen LogP) is 5.43. The van der Waals surface area contributed by atoms with Gasteiger partial charge in [0.25, 0.3) is 0 Å². The second-order valence-corrected chi connectivity index (χ2v) is 5.67. The number of alkyl halides is 1. The number of hydrogen-bond acceptors (Lipinski definition) is 1. The molecule has 100 valence electrons. The first-order chi connectivity index (χ1) is 9.22. The van der Waals surface area contributed by atoms with Crippen molar-refractivity contribution in [1.29, 1.82) is 0 Å². The summed E-state index contributed by atoms with van der Waals surface area (Å²) in [5.74, 6) is 0.296. The van der Waals surface area contributed by atoms with Crippen molar-refractivity contribution in [3.05, 3.63) is 53.1 Å². The summed E-state index contributed by atoms with van der Waals surface area (Å²) in [5, 5.41) is 11.9. The van der Waals surface area contributed by atoms with Gasteiger partial charge in [0.2, 0.25) is 0 Å². The minimum Gasteiger partial charge on any atom is -0.507 e. The molecule has 0 aliphatic carbocycles. The molecule has 0 aliphatic heterocycles. The quantitative estimate of drug-likeness (QED) is 0.569. The number of halogens is 2. The molecule has 0 radical (unpaired) electrons. The Labute approximate surface area is 127 Å². The third-order valence-electron chi connectivity index (χ3n) is 3.08. The molecule has 0 aliphatic rings. The van der Waals surface area contributed by atoms with Crippen molar-refractivity contribution in [1.82, 2.24) is 0 Å². The molecule has 0 saturated carbocycles. The van der Waals surface area contributed by atoms with Crippen molar-refractivity contribution in [3.8, 4) is 16.9 Å². The van der Waals surface area contributed by atoms with Crippen LogP contribution in [0.2, 0.25) is 5.02 Å². The Bertz CT molecular complexity index is 540. The van der Waals surface area contributed by atoms with Crippen molar-refractivity contribution >= 4 is 27.5 Å². The topological polar surface area (TPSA) is 20.2 Å². The molecule has 0 amide bonds. The molecule has 0 saturated heterocycles. The van der Waals surface area contributed by atoms with Gasteiger partial charge in [-0.15, -0.1) is 0 Å². The normalized spacial score (nSPS) is 10.6. The maximum absolute atomic E-state index is 10.2. The van der Waals surface area contributed by atoms with E-state index >= 15 is 0 Å². The summed E-state index contributed by atoms with van der Waals surface area (Å²) < 4.78 is 0. The Morgan fingerprint density at radius 1 is 1.05 bits per heavy atom. The van der Waals surface area contributed by atoms with E-state index in [-0.39, 0.29) is 0 Å². The van der Waals surface area contributed by atoms with E-state index in [0.717, 1.165) is 46.3 Å². The first-order valence-electron chi connectivity index (χ1n) is 6.35. The molecule has 2 aromatic rings. The maximum atomic E-state index is 10.2. The number of aryl methyl sites for hydroxylation is 1. The molecule has 0 spiro atoms. The van der Waals surface area contributed by atoms with Gasteiger partial charge in [-0.05, 0) is 42.5 Å². The van der Waals surface area contributed by atoms with E-state index in [9.17, 15) is 5.11 Å². The van der Waals surface area contributed by atoms with Crippen LogP contribution in [-0.4, -0.2) is 10.4 Å². The van der Waals surface area contributed by atoms with Crippen LogP contribution in [0, 0.1) is 0 Å². The largest absolute Gasteiger partial charge is 0.507 e. The Kier molecular flexibility index (Phi) is 5.29. The third-order valence-corrected chi connectivity index (χ3v) is 3.99. The van der Waals surface area contributed by atoms with Crippen LogP contribution in [0.1, 0.15) is 18.4 Å². The molecular weight excluding hydrogens is 324 g/mol. The lowest BCUT2D eigenvalue weighted by Gasteiger charge is -2.10. The smallest absolute Gasteiger partial charge is 0.123 e. The van der Waals surface area contributed by atoms with Gasteiger partial charge in [0.1, 0.15) is 5.75 Å². The number of unbranched alkanes of at least 4 members (excludes halogenated alkanes) is 1. The average molecular weight is 340 g/mol. The summed E-state index contributed by atoms with van der Waals surface area (Å²) in [6, 6.07) is 13.4. The second-order valence-electron chi connectivity index (χ2n) is 4.47. The minimum atomic E-state index is 0.296. The molecule has 0 heterocycles. The molecule has 19 heavy (non-hydrogen) atoms. The van der Waals surface area contributed by atoms with Crippen molar-refractivity contribution < 1.29 is 5.11 Å². The van der Waals surface area contributed by atoms with Crippen molar-refractivity contribution in [2.75, 3.05) is 5.33 Å². The number of phenols is 1. The van der Waals surface area contributed by atoms with Crippen LogP contribution in [0.15, 0.2) is 42.5 Å². The van der Waals surface area contributed by atoms with E-state index in [2.05, 4.69) is 15.9 Å². The van der Waals surface area contributed by atoms with E-state index in [1.54, 1.807) is 6.07 Å². The van der Waals surface area contributed by atoms with Crippen LogP contribution in [0.3, 0.4) is 0 Å². The van der Waals surface area contributed by atoms with Gasteiger partial charge in [-0.1, -0.05) is 57.9 Å². The Balaban J connectivity index is 2.27. The number of benzene rings is 2. The van der Waals surface area contributed by atoms with Gasteiger partial charge in [0, 0.05) is 15.9 Å². The van der Waals surface area contributed by atoms with Crippen molar-refractivity contribution in [2.45, 2.75) is 19.3 Å². The van der Waals surface area contributed by atoms with Crippen LogP contribution < -0.4 is 0 Å². The molecule has 2 rings (SSSR count). The standard InChI is InChI=1S/C16H16BrClO/c17-9-5-4-8-13-10-16(19)14(11-15(13)18)12-6-2-1-3-7-12/h1-3,6-7,10-11,19H,4-5,8-9H2. The summed E-state index contributed by atoms with van der Waals surface area (Å²) in [7, 11) is 0. The molecular formula is C16H16BrClO. The highest BCUT2D eigenvalue weighted by atomic mass is 79.9. The highest BCUT2D eigenvalue weighted by molar-refractivity contribution is 9.09. The molecule has 1 N–H and O–H groups in total. The molecule has 2 aromatic carbocycles. The zero-order chi connectivity index (χ0) is 13.7. The molecule has 3 heteroatoms. The zero-order valence-corrected chi connectivity index (χ0v) is 12.9. The monoisotopic (exact) mass is 338 g/mol. The number of phenolic OH excluding ortho intramolecular Hbond substituents is 1. The Morgan fingerprint density at radius 3 is 2.47 bits per heavy atom. The lowest BCUT2D eigenvalue weighted by atomic mass is 10.0. The van der Waals surface area contributed by atoms with E-state index in [4.69, 9.17) is 11.6 Å². The third kappa shape index (κ3) is 3.74. The summed E-state index contributed by atoms with van der Waals surface area (Å²) in [5.41, 5.74) is 2.78. The first-order valence-corrected chi connectivity index (χ1v) is 7.85. The lowest BCUT2D eigenvalue weighted by molar-refractivity contribution is 0.476. The van der Waals surface area contributed by atoms with Crippen LogP contribution in [0.25, 0.3) is 11.1 Å². The average Bonchev–Trinajstić information content (AvgIpc) is 2.43. The van der Waals surface area contributed by atoms with Crippen LogP contribution >= 0.6 is 27.5 Å². The zero-order valence-electron chi connectivity index (χ0n) is 10.6. The molecule has 0 fully saturated rings. The highest BCUT2D eigenvalue weighted by Gasteiger charge is 2.09. The van der Waals surface area contributed by atoms with Crippen LogP contribution in [-0.2, 0) is 6.42 Å². The molecule has 0 aromatic heterocycles. The molecule has 1 nitrogen and oxygen atoms in total. The minimum absolute atomic E-state index is 0.296. The highest BCUT2D eigenvalue weighted by Crippen LogP contribution is 2.34. The number of hydrogen-bond donors (Lipinski definition) is 1. The summed E-state index contributed by atoms with van der Waals surface area (Å²) in [6.45, 7) is 0. The van der Waals surface area contributed by atoms with E-state index in [1.165, 1.54) is 0 Å². The van der Waals surface area contributed by atoms with E-state index in [1.807, 2.05) is 36.4 Å². The van der Waals surface area contributed by atoms with Gasteiger partial charge in [-0.2, -0.15) is 0 Å². The molecule has 0 bridgehead atoms. The summed E-state index contributed by atoms with van der Waals surface area (Å²) in [6.07, 6.45) is 3.07. The van der Waals surface area contributed by atoms with E-state index < -0.39 is 0 Å². The fraction of sp³-hybridized carbons (Fsp3) is 0.250. The van der Waals surface area contributed by atoms with Crippen LogP contribution in [0.4, 0.5) is 0 Å². The first kappa shape index (κ1) is 14.4. The Hall–Kier alpha value is -0.990. The lowest BCUT2D eigenvalue weighted by Crippen LogP contribution is -1.90. The van der Waals surface area contributed by atoms with Gasteiger partial charge in [-0.25, -0.2) is 0 Å². The summed E-state index contributed by atoms with van der Waals surface area (Å²) >= 11 is 9.72. The van der Waals surface area contributed by atoms with Gasteiger partial charge in [-0.3, -0.25) is 0 Å². The van der Waals surface area contributed by atoms with Gasteiger partial charge in [0.15, 0.2) is 0 Å². The Morgan fingerprint density at radius 2 is 1.79 bits per heavy atom.